The molecule has 1 aromatic carbocycles. The average molecular weight is 278 g/mol. The van der Waals surface area contributed by atoms with E-state index in [0.717, 1.165) is 31.5 Å². The van der Waals surface area contributed by atoms with Crippen LogP contribution in [-0.4, -0.2) is 42.2 Å². The molecule has 0 aliphatic carbocycles. The minimum absolute atomic E-state index is 0.0923. The normalized spacial score (nSPS) is 21.4. The lowest BCUT2D eigenvalue weighted by molar-refractivity contribution is -0.137. The molecule has 3 N–H and O–H groups in total. The molecule has 0 saturated carbocycles. The van der Waals surface area contributed by atoms with Crippen LogP contribution in [0.3, 0.4) is 0 Å². The Morgan fingerprint density at radius 2 is 2.30 bits per heavy atom. The Hall–Kier alpha value is -1.59. The maximum Gasteiger partial charge on any atom is 0.305 e. The molecular formula is C15H22N2O3. The van der Waals surface area contributed by atoms with Gasteiger partial charge in [-0.1, -0.05) is 18.2 Å². The number of carboxylic acid groups (broad SMARTS) is 1. The highest BCUT2D eigenvalue weighted by molar-refractivity contribution is 5.68. The van der Waals surface area contributed by atoms with Gasteiger partial charge < -0.3 is 20.5 Å². The summed E-state index contributed by atoms with van der Waals surface area (Å²) in [5.41, 5.74) is 6.72. The van der Waals surface area contributed by atoms with E-state index in [1.165, 1.54) is 0 Å². The van der Waals surface area contributed by atoms with Crippen molar-refractivity contribution in [3.63, 3.8) is 0 Å². The maximum atomic E-state index is 10.8. The molecule has 110 valence electrons. The molecule has 1 saturated heterocycles. The zero-order valence-corrected chi connectivity index (χ0v) is 11.8. The van der Waals surface area contributed by atoms with Crippen LogP contribution in [0.4, 0.5) is 0 Å². The van der Waals surface area contributed by atoms with Crippen molar-refractivity contribution in [2.75, 3.05) is 20.1 Å². The first-order chi connectivity index (χ1) is 9.56. The summed E-state index contributed by atoms with van der Waals surface area (Å²) < 4.78 is 6.04. The molecule has 1 aliphatic rings. The predicted molar refractivity (Wildman–Crippen MR) is 76.8 cm³/mol. The molecular weight excluding hydrogens is 256 g/mol. The lowest BCUT2D eigenvalue weighted by atomic mass is 10.0. The van der Waals surface area contributed by atoms with E-state index in [1.807, 2.05) is 24.3 Å². The molecule has 5 heteroatoms. The summed E-state index contributed by atoms with van der Waals surface area (Å²) in [6.45, 7) is 1.99. The van der Waals surface area contributed by atoms with Crippen LogP contribution in [0.2, 0.25) is 0 Å². The lowest BCUT2D eigenvalue weighted by Crippen LogP contribution is -2.38. The minimum Gasteiger partial charge on any atom is -0.489 e. The monoisotopic (exact) mass is 278 g/mol. The number of aliphatic carboxylic acids is 1. The number of nitrogens with zero attached hydrogens (tertiary/aromatic N) is 1. The molecule has 0 bridgehead atoms. The first-order valence-electron chi connectivity index (χ1n) is 6.97. The summed E-state index contributed by atoms with van der Waals surface area (Å²) in [4.78, 5) is 13.0. The lowest BCUT2D eigenvalue weighted by Gasteiger charge is -2.31. The zero-order valence-electron chi connectivity index (χ0n) is 11.8. The van der Waals surface area contributed by atoms with Gasteiger partial charge in [-0.05, 0) is 32.5 Å². The highest BCUT2D eigenvalue weighted by atomic mass is 16.5. The van der Waals surface area contributed by atoms with Crippen LogP contribution in [0.25, 0.3) is 0 Å². The maximum absolute atomic E-state index is 10.8. The van der Waals surface area contributed by atoms with E-state index in [-0.39, 0.29) is 12.5 Å². The minimum atomic E-state index is -0.898. The van der Waals surface area contributed by atoms with E-state index >= 15 is 0 Å². The number of piperidine rings is 1. The number of rotatable bonds is 5. The molecule has 1 aromatic rings. The number of benzene rings is 1. The van der Waals surface area contributed by atoms with Crippen molar-refractivity contribution in [2.24, 2.45) is 5.73 Å². The Balaban J connectivity index is 2.09. The van der Waals surface area contributed by atoms with Crippen molar-refractivity contribution >= 4 is 5.97 Å². The van der Waals surface area contributed by atoms with E-state index in [2.05, 4.69) is 11.9 Å². The van der Waals surface area contributed by atoms with Crippen LogP contribution in [0.15, 0.2) is 24.3 Å². The summed E-state index contributed by atoms with van der Waals surface area (Å²) in [7, 11) is 2.08. The summed E-state index contributed by atoms with van der Waals surface area (Å²) in [6, 6.07) is 6.92. The molecule has 1 heterocycles. The van der Waals surface area contributed by atoms with Gasteiger partial charge in [0.25, 0.3) is 0 Å². The molecule has 2 rings (SSSR count). The Bertz CT molecular complexity index is 464. The number of likely N-dealkylation sites (N-methyl/N-ethyl adjacent to an activating group) is 1. The SMILES string of the molecule is CN1CCCC(Oc2ccccc2C(N)CC(=O)O)C1. The van der Waals surface area contributed by atoms with Crippen molar-refractivity contribution < 1.29 is 14.6 Å². The number of hydrogen-bond donors (Lipinski definition) is 2. The van der Waals surface area contributed by atoms with Gasteiger partial charge in [-0.3, -0.25) is 4.79 Å². The topological polar surface area (TPSA) is 75.8 Å². The molecule has 0 amide bonds. The summed E-state index contributed by atoms with van der Waals surface area (Å²) in [5, 5.41) is 8.86. The highest BCUT2D eigenvalue weighted by Crippen LogP contribution is 2.27. The third-order valence-corrected chi connectivity index (χ3v) is 3.59. The highest BCUT2D eigenvalue weighted by Gasteiger charge is 2.21. The number of nitrogens with two attached hydrogens (primary N) is 1. The number of carbonyl (C=O) groups is 1. The number of likely N-dealkylation sites (tertiary alicyclic amines) is 1. The van der Waals surface area contributed by atoms with E-state index in [0.29, 0.717) is 5.75 Å². The molecule has 1 aliphatic heterocycles. The largest absolute Gasteiger partial charge is 0.489 e. The summed E-state index contributed by atoms with van der Waals surface area (Å²) in [5.74, 6) is -0.189. The Morgan fingerprint density at radius 3 is 3.00 bits per heavy atom. The second kappa shape index (κ2) is 6.72. The Labute approximate surface area is 119 Å². The standard InChI is InChI=1S/C15H22N2O3/c1-17-8-4-5-11(10-17)20-14-7-3-2-6-12(14)13(16)9-15(18)19/h2-3,6-7,11,13H,4-5,8-10,16H2,1H3,(H,18,19). The van der Waals surface area contributed by atoms with Gasteiger partial charge in [-0.2, -0.15) is 0 Å². The Morgan fingerprint density at radius 1 is 1.55 bits per heavy atom. The molecule has 5 nitrogen and oxygen atoms in total. The first-order valence-corrected chi connectivity index (χ1v) is 6.97. The van der Waals surface area contributed by atoms with Crippen LogP contribution < -0.4 is 10.5 Å². The van der Waals surface area contributed by atoms with E-state index in [1.54, 1.807) is 0 Å². The average Bonchev–Trinajstić information content (AvgIpc) is 2.38. The van der Waals surface area contributed by atoms with Crippen LogP contribution >= 0.6 is 0 Å². The van der Waals surface area contributed by atoms with E-state index in [9.17, 15) is 4.79 Å². The van der Waals surface area contributed by atoms with Crippen molar-refractivity contribution in [3.8, 4) is 5.75 Å². The van der Waals surface area contributed by atoms with Crippen LogP contribution in [0.5, 0.6) is 5.75 Å². The van der Waals surface area contributed by atoms with Gasteiger partial charge in [0.05, 0.1) is 6.42 Å². The summed E-state index contributed by atoms with van der Waals surface area (Å²) in [6.07, 6.45) is 2.19. The van der Waals surface area contributed by atoms with Gasteiger partial charge in [0.2, 0.25) is 0 Å². The van der Waals surface area contributed by atoms with Gasteiger partial charge >= 0.3 is 5.97 Å². The van der Waals surface area contributed by atoms with E-state index in [4.69, 9.17) is 15.6 Å². The first kappa shape index (κ1) is 14.8. The number of hydrogen-bond acceptors (Lipinski definition) is 4. The molecule has 1 fully saturated rings. The van der Waals surface area contributed by atoms with Crippen LogP contribution in [-0.2, 0) is 4.79 Å². The molecule has 2 unspecified atom stereocenters. The molecule has 0 spiro atoms. The predicted octanol–water partition coefficient (Wildman–Crippen LogP) is 1.63. The number of carboxylic acids is 1. The zero-order chi connectivity index (χ0) is 14.5. The van der Waals surface area contributed by atoms with Gasteiger partial charge in [0.1, 0.15) is 11.9 Å². The molecule has 20 heavy (non-hydrogen) atoms. The fourth-order valence-corrected chi connectivity index (χ4v) is 2.59. The fraction of sp³-hybridized carbons (Fsp3) is 0.533. The smallest absolute Gasteiger partial charge is 0.305 e. The van der Waals surface area contributed by atoms with Crippen LogP contribution in [0.1, 0.15) is 30.9 Å². The van der Waals surface area contributed by atoms with Crippen molar-refractivity contribution in [1.82, 2.24) is 4.90 Å². The van der Waals surface area contributed by atoms with Gasteiger partial charge in [0, 0.05) is 18.2 Å². The fourth-order valence-electron chi connectivity index (χ4n) is 2.59. The Kier molecular flexibility index (Phi) is 4.98. The van der Waals surface area contributed by atoms with Crippen molar-refractivity contribution in [2.45, 2.75) is 31.4 Å². The third-order valence-electron chi connectivity index (χ3n) is 3.59. The second-order valence-electron chi connectivity index (χ2n) is 5.39. The molecule has 2 atom stereocenters. The molecule has 0 aromatic heterocycles. The number of para-hydroxylation sites is 1. The second-order valence-corrected chi connectivity index (χ2v) is 5.39. The van der Waals surface area contributed by atoms with Crippen LogP contribution in [0, 0.1) is 0 Å². The van der Waals surface area contributed by atoms with Gasteiger partial charge in [0.15, 0.2) is 0 Å². The molecule has 0 radical (unpaired) electrons. The van der Waals surface area contributed by atoms with E-state index < -0.39 is 12.0 Å². The van der Waals surface area contributed by atoms with Gasteiger partial charge in [-0.25, -0.2) is 0 Å². The van der Waals surface area contributed by atoms with Crippen molar-refractivity contribution in [1.29, 1.82) is 0 Å². The van der Waals surface area contributed by atoms with Gasteiger partial charge in [-0.15, -0.1) is 0 Å². The third kappa shape index (κ3) is 3.95. The summed E-state index contributed by atoms with van der Waals surface area (Å²) >= 11 is 0. The quantitative estimate of drug-likeness (QED) is 0.856. The van der Waals surface area contributed by atoms with Crippen molar-refractivity contribution in [3.05, 3.63) is 29.8 Å². The number of ether oxygens (including phenoxy) is 1.